The molecule has 4 rings (SSSR count). The van der Waals surface area contributed by atoms with Crippen LogP contribution in [0.25, 0.3) is 26.3 Å². The van der Waals surface area contributed by atoms with E-state index in [4.69, 9.17) is 5.21 Å². The first-order chi connectivity index (χ1) is 10.3. The van der Waals surface area contributed by atoms with Gasteiger partial charge in [0.25, 0.3) is 0 Å². The third-order valence-corrected chi connectivity index (χ3v) is 4.59. The number of aryl methyl sites for hydroxylation is 1. The van der Waals surface area contributed by atoms with Crippen LogP contribution in [-0.4, -0.2) is 15.2 Å². The highest BCUT2D eigenvalue weighted by Crippen LogP contribution is 2.37. The average Bonchev–Trinajstić information content (AvgIpc) is 2.78. The maximum atomic E-state index is 9.15. The van der Waals surface area contributed by atoms with Crippen molar-refractivity contribution in [2.45, 2.75) is 12.8 Å². The molecule has 104 valence electrons. The zero-order chi connectivity index (χ0) is 14.4. The van der Waals surface area contributed by atoms with E-state index in [1.165, 1.54) is 5.56 Å². The minimum absolute atomic E-state index is 0.305. The van der Waals surface area contributed by atoms with Crippen LogP contribution in [-0.2, 0) is 6.42 Å². The van der Waals surface area contributed by atoms with Crippen LogP contribution < -0.4 is 5.49 Å². The minimum atomic E-state index is 0.305. The molecule has 21 heavy (non-hydrogen) atoms. The van der Waals surface area contributed by atoms with E-state index in [1.54, 1.807) is 6.07 Å². The molecule has 1 aliphatic carbocycles. The second-order valence-corrected chi connectivity index (χ2v) is 5.94. The fraction of sp³-hybridized carbons (Fsp3) is 0.125. The first-order valence-corrected chi connectivity index (χ1v) is 7.56. The monoisotopic (exact) mass is 341 g/mol. The minimum Gasteiger partial charge on any atom is -0.409 e. The second-order valence-electron chi connectivity index (χ2n) is 5.09. The van der Waals surface area contributed by atoms with E-state index in [0.29, 0.717) is 5.49 Å². The van der Waals surface area contributed by atoms with E-state index in [0.717, 1.165) is 44.8 Å². The number of para-hydroxylation sites is 1. The number of H-pyrrole nitrogens is 1. The van der Waals surface area contributed by atoms with E-state index in [9.17, 15) is 0 Å². The number of aromatic amines is 1. The van der Waals surface area contributed by atoms with Gasteiger partial charge in [-0.15, -0.1) is 0 Å². The zero-order valence-corrected chi connectivity index (χ0v) is 12.7. The van der Waals surface area contributed by atoms with Gasteiger partial charge in [-0.2, -0.15) is 0 Å². The Kier molecular flexibility index (Phi) is 2.82. The lowest BCUT2D eigenvalue weighted by molar-refractivity contribution is 0.299. The highest BCUT2D eigenvalue weighted by molar-refractivity contribution is 9.15. The van der Waals surface area contributed by atoms with E-state index < -0.39 is 0 Å². The van der Waals surface area contributed by atoms with Gasteiger partial charge >= 0.3 is 0 Å². The molecule has 0 fully saturated rings. The molecule has 1 aliphatic rings. The van der Waals surface area contributed by atoms with Crippen molar-refractivity contribution in [3.63, 3.8) is 0 Å². The number of allylic oxidation sites excluding steroid dienone is 1. The molecule has 0 spiro atoms. The van der Waals surface area contributed by atoms with Gasteiger partial charge < -0.3 is 10.2 Å². The summed E-state index contributed by atoms with van der Waals surface area (Å²) in [4.78, 5) is 7.84. The Morgan fingerprint density at radius 2 is 2.14 bits per heavy atom. The predicted molar refractivity (Wildman–Crippen MR) is 86.2 cm³/mol. The van der Waals surface area contributed by atoms with E-state index in [2.05, 4.69) is 43.2 Å². The number of aromatic nitrogens is 2. The molecule has 0 saturated carbocycles. The van der Waals surface area contributed by atoms with Gasteiger partial charge in [0.05, 0.1) is 16.7 Å². The Morgan fingerprint density at radius 1 is 1.29 bits per heavy atom. The molecule has 5 heteroatoms. The number of hydrogen-bond acceptors (Lipinski definition) is 3. The lowest BCUT2D eigenvalue weighted by atomic mass is 9.99. The van der Waals surface area contributed by atoms with Crippen molar-refractivity contribution >= 4 is 42.2 Å². The first-order valence-electron chi connectivity index (χ1n) is 6.76. The van der Waals surface area contributed by atoms with Crippen LogP contribution in [0.5, 0.6) is 0 Å². The molecule has 0 unspecified atom stereocenters. The highest BCUT2D eigenvalue weighted by atomic mass is 79.9. The topological polar surface area (TPSA) is 61.3 Å². The fourth-order valence-electron chi connectivity index (χ4n) is 2.99. The Hall–Kier alpha value is -2.14. The number of rotatable bonds is 0. The molecule has 0 saturated heterocycles. The molecular weight excluding hydrogens is 330 g/mol. The predicted octanol–water partition coefficient (Wildman–Crippen LogP) is 3.69. The van der Waals surface area contributed by atoms with Gasteiger partial charge in [-0.1, -0.05) is 29.4 Å². The Bertz CT molecular complexity index is 972. The largest absolute Gasteiger partial charge is 0.409 e. The van der Waals surface area contributed by atoms with Gasteiger partial charge in [0.1, 0.15) is 0 Å². The van der Waals surface area contributed by atoms with E-state index >= 15 is 0 Å². The first kappa shape index (κ1) is 12.6. The Morgan fingerprint density at radius 3 is 3.00 bits per heavy atom. The maximum Gasteiger partial charge on any atom is 0.193 e. The summed E-state index contributed by atoms with van der Waals surface area (Å²) in [7, 11) is 0. The maximum absolute atomic E-state index is 9.15. The molecule has 4 nitrogen and oxygen atoms in total. The lowest BCUT2D eigenvalue weighted by Gasteiger charge is -2.09. The van der Waals surface area contributed by atoms with Gasteiger partial charge in [0, 0.05) is 21.3 Å². The van der Waals surface area contributed by atoms with Crippen molar-refractivity contribution in [2.75, 3.05) is 0 Å². The molecule has 1 aromatic carbocycles. The number of nitrogens with zero attached hydrogens (tertiary/aromatic N) is 2. The number of benzene rings is 1. The molecule has 2 N–H and O–H groups in total. The summed E-state index contributed by atoms with van der Waals surface area (Å²) >= 11 is 3.62. The lowest BCUT2D eigenvalue weighted by Crippen LogP contribution is -2.02. The van der Waals surface area contributed by atoms with Crippen LogP contribution in [0.2, 0.25) is 0 Å². The molecule has 0 radical (unpaired) electrons. The van der Waals surface area contributed by atoms with Crippen LogP contribution in [0.3, 0.4) is 0 Å². The van der Waals surface area contributed by atoms with Crippen molar-refractivity contribution in [3.05, 3.63) is 53.2 Å². The molecule has 3 aromatic rings. The van der Waals surface area contributed by atoms with Crippen LogP contribution in [0.1, 0.15) is 17.7 Å². The van der Waals surface area contributed by atoms with Crippen molar-refractivity contribution < 1.29 is 5.21 Å². The molecule has 2 heterocycles. The SMILES string of the molecule is ON=c1cc2[nH]c3c(c2c2ccccc2n1)CCC=C3Br. The number of fused-ring (bicyclic) bond motifs is 5. The van der Waals surface area contributed by atoms with Crippen LogP contribution in [0.4, 0.5) is 0 Å². The molecule has 0 amide bonds. The fourth-order valence-corrected chi connectivity index (χ4v) is 3.56. The third-order valence-electron chi connectivity index (χ3n) is 3.87. The summed E-state index contributed by atoms with van der Waals surface area (Å²) in [5.41, 5.74) is 4.47. The van der Waals surface area contributed by atoms with E-state index in [-0.39, 0.29) is 0 Å². The Labute approximate surface area is 129 Å². The Balaban J connectivity index is 2.30. The van der Waals surface area contributed by atoms with Crippen LogP contribution in [0, 0.1) is 0 Å². The summed E-state index contributed by atoms with van der Waals surface area (Å²) in [6.07, 6.45) is 4.18. The molecular formula is C16H12BrN3O. The second kappa shape index (κ2) is 4.70. The van der Waals surface area contributed by atoms with Crippen LogP contribution >= 0.6 is 15.9 Å². The summed E-state index contributed by atoms with van der Waals surface area (Å²) in [6, 6.07) is 9.74. The number of hydrogen-bond donors (Lipinski definition) is 2. The summed E-state index contributed by atoms with van der Waals surface area (Å²) < 4.78 is 1.09. The van der Waals surface area contributed by atoms with Crippen molar-refractivity contribution in [1.82, 2.24) is 9.97 Å². The van der Waals surface area contributed by atoms with Gasteiger partial charge in [0.15, 0.2) is 5.49 Å². The van der Waals surface area contributed by atoms with Crippen LogP contribution in [0.15, 0.2) is 41.6 Å². The molecule has 0 atom stereocenters. The van der Waals surface area contributed by atoms with Gasteiger partial charge in [-0.25, -0.2) is 4.98 Å². The average molecular weight is 342 g/mol. The van der Waals surface area contributed by atoms with Gasteiger partial charge in [0.2, 0.25) is 0 Å². The third kappa shape index (κ3) is 1.88. The smallest absolute Gasteiger partial charge is 0.193 e. The van der Waals surface area contributed by atoms with Gasteiger partial charge in [-0.3, -0.25) is 0 Å². The zero-order valence-electron chi connectivity index (χ0n) is 11.1. The highest BCUT2D eigenvalue weighted by Gasteiger charge is 2.18. The number of nitrogens with one attached hydrogen (secondary N) is 1. The summed E-state index contributed by atoms with van der Waals surface area (Å²) in [6.45, 7) is 0. The molecule has 0 bridgehead atoms. The molecule has 2 aromatic heterocycles. The van der Waals surface area contributed by atoms with Crippen molar-refractivity contribution in [1.29, 1.82) is 0 Å². The summed E-state index contributed by atoms with van der Waals surface area (Å²) in [5.74, 6) is 0. The standard InChI is InChI=1S/C16H12BrN3O/c17-11-6-3-5-10-15-9-4-1-2-7-12(9)18-14(20-21)8-13(15)19-16(10)11/h1-2,4,6-8,19,21H,3,5H2. The van der Waals surface area contributed by atoms with Gasteiger partial charge in [-0.05, 0) is 40.4 Å². The number of halogens is 1. The van der Waals surface area contributed by atoms with E-state index in [1.807, 2.05) is 18.2 Å². The summed E-state index contributed by atoms with van der Waals surface area (Å²) in [5, 5.41) is 14.7. The quantitative estimate of drug-likeness (QED) is 0.484. The molecule has 0 aliphatic heterocycles. The normalized spacial score (nSPS) is 15.3. The van der Waals surface area contributed by atoms with Crippen molar-refractivity contribution in [2.24, 2.45) is 5.16 Å². The van der Waals surface area contributed by atoms with Crippen molar-refractivity contribution in [3.8, 4) is 0 Å².